The lowest BCUT2D eigenvalue weighted by Crippen LogP contribution is -2.45. The summed E-state index contributed by atoms with van der Waals surface area (Å²) in [5.41, 5.74) is -0.605. The second-order valence-corrected chi connectivity index (χ2v) is 10.5. The van der Waals surface area contributed by atoms with Crippen LogP contribution in [0.25, 0.3) is 0 Å². The lowest BCUT2D eigenvalue weighted by Gasteiger charge is -2.33. The Labute approximate surface area is 171 Å². The van der Waals surface area contributed by atoms with Crippen LogP contribution in [0.4, 0.5) is 0 Å². The fourth-order valence-electron chi connectivity index (χ4n) is 4.05. The van der Waals surface area contributed by atoms with Gasteiger partial charge in [0.05, 0.1) is 4.90 Å². The maximum absolute atomic E-state index is 13.2. The van der Waals surface area contributed by atoms with Gasteiger partial charge in [0.2, 0.25) is 21.8 Å². The van der Waals surface area contributed by atoms with Crippen LogP contribution in [0.2, 0.25) is 5.02 Å². The molecule has 1 unspecified atom stereocenters. The van der Waals surface area contributed by atoms with Gasteiger partial charge in [0, 0.05) is 62.5 Å². The zero-order valence-corrected chi connectivity index (χ0v) is 18.0. The summed E-state index contributed by atoms with van der Waals surface area (Å²) in [6.07, 6.45) is 0.234. The van der Waals surface area contributed by atoms with Crippen molar-refractivity contribution in [2.24, 2.45) is 11.3 Å². The average molecular weight is 428 g/mol. The number of carbonyl (C=O) groups excluding carboxylic acids is 2. The highest BCUT2D eigenvalue weighted by Gasteiger charge is 2.48. The van der Waals surface area contributed by atoms with Gasteiger partial charge in [0.15, 0.2) is 0 Å². The van der Waals surface area contributed by atoms with Crippen LogP contribution >= 0.6 is 11.6 Å². The van der Waals surface area contributed by atoms with Crippen LogP contribution in [0.3, 0.4) is 0 Å². The minimum atomic E-state index is -3.76. The van der Waals surface area contributed by atoms with E-state index in [2.05, 4.69) is 0 Å². The predicted octanol–water partition coefficient (Wildman–Crippen LogP) is 1.68. The third-order valence-corrected chi connectivity index (χ3v) is 7.55. The highest BCUT2D eigenvalue weighted by molar-refractivity contribution is 7.89. The number of rotatable bonds is 3. The van der Waals surface area contributed by atoms with Gasteiger partial charge in [-0.1, -0.05) is 25.4 Å². The predicted molar refractivity (Wildman–Crippen MR) is 106 cm³/mol. The Morgan fingerprint density at radius 3 is 2.29 bits per heavy atom. The second-order valence-electron chi connectivity index (χ2n) is 8.13. The van der Waals surface area contributed by atoms with Crippen LogP contribution in [-0.2, 0) is 19.6 Å². The molecule has 0 saturated carbocycles. The molecule has 1 atom stereocenters. The molecular weight excluding hydrogens is 402 g/mol. The third kappa shape index (κ3) is 4.04. The molecule has 3 rings (SSSR count). The summed E-state index contributed by atoms with van der Waals surface area (Å²) in [6.45, 7) is 5.18. The van der Waals surface area contributed by atoms with E-state index < -0.39 is 15.4 Å². The number of carbonyl (C=O) groups is 2. The first-order chi connectivity index (χ1) is 13.0. The van der Waals surface area contributed by atoms with Gasteiger partial charge in [-0.15, -0.1) is 0 Å². The number of halogens is 1. The van der Waals surface area contributed by atoms with E-state index >= 15 is 0 Å². The van der Waals surface area contributed by atoms with Crippen molar-refractivity contribution in [3.63, 3.8) is 0 Å². The molecule has 2 saturated heterocycles. The topological polar surface area (TPSA) is 78.0 Å². The number of hydrogen-bond donors (Lipinski definition) is 0. The summed E-state index contributed by atoms with van der Waals surface area (Å²) in [6, 6.07) is 6.06. The molecule has 1 aromatic carbocycles. The molecule has 2 aliphatic heterocycles. The van der Waals surface area contributed by atoms with Crippen molar-refractivity contribution in [2.75, 3.05) is 39.8 Å². The molecule has 0 aliphatic carbocycles. The zero-order chi connectivity index (χ0) is 20.7. The normalized spacial score (nSPS) is 24.2. The fraction of sp³-hybridized carbons (Fsp3) is 0.579. The van der Waals surface area contributed by atoms with Gasteiger partial charge >= 0.3 is 0 Å². The quantitative estimate of drug-likeness (QED) is 0.735. The molecule has 1 aromatic rings. The Bertz CT molecular complexity index is 872. The smallest absolute Gasteiger partial charge is 0.243 e. The Hall–Kier alpha value is -1.64. The average Bonchev–Trinajstić information content (AvgIpc) is 2.79. The zero-order valence-electron chi connectivity index (χ0n) is 16.4. The van der Waals surface area contributed by atoms with E-state index in [1.54, 1.807) is 29.0 Å². The van der Waals surface area contributed by atoms with Gasteiger partial charge in [-0.2, -0.15) is 4.31 Å². The van der Waals surface area contributed by atoms with Gasteiger partial charge in [-0.05, 0) is 24.3 Å². The van der Waals surface area contributed by atoms with Crippen LogP contribution in [0.5, 0.6) is 0 Å². The van der Waals surface area contributed by atoms with Crippen LogP contribution in [0.15, 0.2) is 29.2 Å². The molecule has 7 nitrogen and oxygen atoms in total. The fourth-order valence-corrected chi connectivity index (χ4v) is 5.72. The van der Waals surface area contributed by atoms with Crippen LogP contribution in [-0.4, -0.2) is 74.1 Å². The van der Waals surface area contributed by atoms with Crippen LogP contribution < -0.4 is 0 Å². The first-order valence-corrected chi connectivity index (χ1v) is 11.1. The van der Waals surface area contributed by atoms with Crippen molar-refractivity contribution < 1.29 is 18.0 Å². The number of benzene rings is 1. The van der Waals surface area contributed by atoms with Crippen LogP contribution in [0.1, 0.15) is 20.3 Å². The van der Waals surface area contributed by atoms with Crippen molar-refractivity contribution in [1.82, 2.24) is 14.1 Å². The Kier molecular flexibility index (Phi) is 5.76. The summed E-state index contributed by atoms with van der Waals surface area (Å²) in [5.74, 6) is -0.235. The molecule has 2 fully saturated rings. The summed E-state index contributed by atoms with van der Waals surface area (Å²) in [5, 5.41) is 0.461. The summed E-state index contributed by atoms with van der Waals surface area (Å²) in [7, 11) is -2.05. The Morgan fingerprint density at radius 2 is 1.75 bits per heavy atom. The van der Waals surface area contributed by atoms with Crippen molar-refractivity contribution in [3.05, 3.63) is 29.3 Å². The van der Waals surface area contributed by atoms with Crippen LogP contribution in [0, 0.1) is 11.3 Å². The van der Waals surface area contributed by atoms with Crippen molar-refractivity contribution in [3.8, 4) is 0 Å². The molecule has 154 valence electrons. The number of likely N-dealkylation sites (tertiary alicyclic amines) is 1. The lowest BCUT2D eigenvalue weighted by molar-refractivity contribution is -0.135. The molecule has 0 N–H and O–H groups in total. The summed E-state index contributed by atoms with van der Waals surface area (Å²) in [4.78, 5) is 28.4. The van der Waals surface area contributed by atoms with Crippen molar-refractivity contribution in [1.29, 1.82) is 0 Å². The molecule has 28 heavy (non-hydrogen) atoms. The Balaban J connectivity index is 1.96. The van der Waals surface area contributed by atoms with E-state index in [1.165, 1.54) is 16.4 Å². The second kappa shape index (κ2) is 7.65. The summed E-state index contributed by atoms with van der Waals surface area (Å²) >= 11 is 5.89. The molecular formula is C19H26ClN3O4S. The van der Waals surface area contributed by atoms with Gasteiger partial charge < -0.3 is 9.80 Å². The minimum Gasteiger partial charge on any atom is -0.345 e. The first kappa shape index (κ1) is 21.1. The molecule has 0 bridgehead atoms. The van der Waals surface area contributed by atoms with Gasteiger partial charge in [-0.3, -0.25) is 9.59 Å². The SMILES string of the molecule is CC(C)C(=O)N1CCN(S(=O)(=O)c2ccc(Cl)cc2)CC2(CC(=O)N(C)C2)C1. The number of amides is 2. The maximum atomic E-state index is 13.2. The third-order valence-electron chi connectivity index (χ3n) is 5.44. The van der Waals surface area contributed by atoms with Crippen molar-refractivity contribution >= 4 is 33.4 Å². The molecule has 1 spiro atoms. The molecule has 2 aliphatic rings. The molecule has 2 amide bonds. The van der Waals surface area contributed by atoms with E-state index in [0.717, 1.165) is 0 Å². The van der Waals surface area contributed by atoms with Gasteiger partial charge in [0.1, 0.15) is 0 Å². The van der Waals surface area contributed by atoms with E-state index in [9.17, 15) is 18.0 Å². The van der Waals surface area contributed by atoms with Gasteiger partial charge in [-0.25, -0.2) is 8.42 Å². The number of nitrogens with zero attached hydrogens (tertiary/aromatic N) is 3. The highest BCUT2D eigenvalue weighted by atomic mass is 35.5. The lowest BCUT2D eigenvalue weighted by atomic mass is 9.86. The Morgan fingerprint density at radius 1 is 1.11 bits per heavy atom. The minimum absolute atomic E-state index is 0.0212. The maximum Gasteiger partial charge on any atom is 0.243 e. The van der Waals surface area contributed by atoms with E-state index in [1.807, 2.05) is 13.8 Å². The van der Waals surface area contributed by atoms with E-state index in [4.69, 9.17) is 11.6 Å². The largest absolute Gasteiger partial charge is 0.345 e. The highest BCUT2D eigenvalue weighted by Crippen LogP contribution is 2.36. The van der Waals surface area contributed by atoms with Gasteiger partial charge in [0.25, 0.3) is 0 Å². The molecule has 9 heteroatoms. The standard InChI is InChI=1S/C19H26ClN3O4S/c1-14(2)18(25)22-8-9-23(13-19(12-22)10-17(24)21(3)11-19)28(26,27)16-6-4-15(20)5-7-16/h4-7,14H,8-13H2,1-3H3. The molecule has 0 aromatic heterocycles. The summed E-state index contributed by atoms with van der Waals surface area (Å²) < 4.78 is 27.9. The number of hydrogen-bond acceptors (Lipinski definition) is 4. The molecule has 2 heterocycles. The molecule has 0 radical (unpaired) electrons. The monoisotopic (exact) mass is 427 g/mol. The van der Waals surface area contributed by atoms with E-state index in [0.29, 0.717) is 24.7 Å². The van der Waals surface area contributed by atoms with E-state index in [-0.39, 0.29) is 42.1 Å². The first-order valence-electron chi connectivity index (χ1n) is 9.33. The van der Waals surface area contributed by atoms with Crippen molar-refractivity contribution in [2.45, 2.75) is 25.2 Å². The number of sulfonamides is 1.